The molecule has 224 valence electrons. The van der Waals surface area contributed by atoms with Gasteiger partial charge in [0.05, 0.1) is 19.1 Å². The van der Waals surface area contributed by atoms with Crippen LogP contribution in [0.25, 0.3) is 10.9 Å². The molecule has 0 aliphatic carbocycles. The third-order valence-corrected chi connectivity index (χ3v) is 10.0. The molecule has 1 aromatic carbocycles. The van der Waals surface area contributed by atoms with Gasteiger partial charge in [0.1, 0.15) is 6.54 Å². The van der Waals surface area contributed by atoms with Crippen LogP contribution >= 0.6 is 11.8 Å². The Kier molecular flexibility index (Phi) is 16.1. The van der Waals surface area contributed by atoms with Crippen molar-refractivity contribution < 1.29 is 18.8 Å². The Morgan fingerprint density at radius 3 is 2.02 bits per heavy atom. The van der Waals surface area contributed by atoms with Crippen LogP contribution < -0.4 is 4.57 Å². The summed E-state index contributed by atoms with van der Waals surface area (Å²) in [6, 6.07) is 13.3. The maximum atomic E-state index is 11.6. The van der Waals surface area contributed by atoms with Crippen molar-refractivity contribution in [1.82, 2.24) is 0 Å². The van der Waals surface area contributed by atoms with Gasteiger partial charge in [-0.05, 0) is 25.0 Å². The first-order valence-corrected chi connectivity index (χ1v) is 17.5. The summed E-state index contributed by atoms with van der Waals surface area (Å²) in [6.45, 7) is 4.88. The fraction of sp³-hybridized carbons (Fsp3) is 0.714. The zero-order chi connectivity index (χ0) is 28.3. The van der Waals surface area contributed by atoms with E-state index in [1.165, 1.54) is 114 Å². The zero-order valence-electron chi connectivity index (χ0n) is 25.6. The number of thioether (sulfide) groups is 1. The highest BCUT2D eigenvalue weighted by Gasteiger charge is 2.46. The molecule has 0 unspecified atom stereocenters. The molecule has 0 saturated carbocycles. The van der Waals surface area contributed by atoms with Gasteiger partial charge in [-0.25, -0.2) is 0 Å². The van der Waals surface area contributed by atoms with Crippen LogP contribution in [0.15, 0.2) is 36.4 Å². The van der Waals surface area contributed by atoms with Crippen LogP contribution in [0.1, 0.15) is 122 Å². The summed E-state index contributed by atoms with van der Waals surface area (Å²) in [6.07, 6.45) is 21.7. The lowest BCUT2D eigenvalue weighted by molar-refractivity contribution is -0.682. The minimum Gasteiger partial charge on any atom is -0.469 e. The topological polar surface area (TPSA) is 39.4 Å². The smallest absolute Gasteiger partial charge is 0.305 e. The summed E-state index contributed by atoms with van der Waals surface area (Å²) in [5, 5.41) is 1.27. The Bertz CT molecular complexity index is 974. The van der Waals surface area contributed by atoms with Gasteiger partial charge in [-0.15, -0.1) is 0 Å². The Labute approximate surface area is 249 Å². The predicted molar refractivity (Wildman–Crippen MR) is 170 cm³/mol. The summed E-state index contributed by atoms with van der Waals surface area (Å²) in [5.41, 5.74) is 2.76. The first kappa shape index (κ1) is 32.9. The lowest BCUT2D eigenvalue weighted by Crippen LogP contribution is -2.55. The second-order valence-electron chi connectivity index (χ2n) is 11.9. The number of pyridine rings is 1. The van der Waals surface area contributed by atoms with Gasteiger partial charge in [0.25, 0.3) is 0 Å². The highest BCUT2D eigenvalue weighted by molar-refractivity contribution is 8.00. The van der Waals surface area contributed by atoms with Crippen LogP contribution in [0.2, 0.25) is 0 Å². The van der Waals surface area contributed by atoms with E-state index < -0.39 is 0 Å². The molecule has 0 radical (unpaired) electrons. The molecule has 5 heteroatoms. The van der Waals surface area contributed by atoms with E-state index in [9.17, 15) is 4.79 Å². The quantitative estimate of drug-likeness (QED) is 0.0759. The van der Waals surface area contributed by atoms with E-state index in [1.54, 1.807) is 0 Å². The maximum absolute atomic E-state index is 11.6. The first-order chi connectivity index (χ1) is 19.7. The number of carbonyl (C=O) groups is 1. The SMILES string of the molecule is CCCCCCCCCCCCCCCCOCC1(c2ccc3ccccc3[n+]2CCCCC(=O)OC)CSC1. The number of aromatic nitrogens is 1. The Hall–Kier alpha value is -1.59. The van der Waals surface area contributed by atoms with Crippen molar-refractivity contribution in [2.24, 2.45) is 0 Å². The summed E-state index contributed by atoms with van der Waals surface area (Å²) in [7, 11) is 1.47. The number of fused-ring (bicyclic) bond motifs is 1. The fourth-order valence-corrected chi connectivity index (χ4v) is 7.09. The Balaban J connectivity index is 1.36. The van der Waals surface area contributed by atoms with Gasteiger partial charge < -0.3 is 9.47 Å². The molecule has 2 heterocycles. The van der Waals surface area contributed by atoms with E-state index in [-0.39, 0.29) is 11.4 Å². The third kappa shape index (κ3) is 11.0. The zero-order valence-corrected chi connectivity index (χ0v) is 26.4. The fourth-order valence-electron chi connectivity index (χ4n) is 5.93. The van der Waals surface area contributed by atoms with E-state index in [4.69, 9.17) is 9.47 Å². The molecule has 1 saturated heterocycles. The van der Waals surface area contributed by atoms with Crippen LogP contribution in [-0.4, -0.2) is 37.8 Å². The number of unbranched alkanes of at least 4 members (excludes halogenated alkanes) is 14. The van der Waals surface area contributed by atoms with E-state index in [2.05, 4.69) is 47.9 Å². The number of hydrogen-bond acceptors (Lipinski definition) is 4. The van der Waals surface area contributed by atoms with Crippen molar-refractivity contribution in [2.45, 2.75) is 128 Å². The molecule has 0 amide bonds. The first-order valence-electron chi connectivity index (χ1n) is 16.3. The molecule has 0 spiro atoms. The second-order valence-corrected chi connectivity index (χ2v) is 12.9. The number of benzene rings is 1. The number of esters is 1. The summed E-state index contributed by atoms with van der Waals surface area (Å²) in [5.74, 6) is 2.12. The normalized spacial score (nSPS) is 14.3. The van der Waals surface area contributed by atoms with Crippen molar-refractivity contribution >= 4 is 28.6 Å². The number of hydrogen-bond donors (Lipinski definition) is 0. The molecule has 1 aromatic heterocycles. The number of para-hydroxylation sites is 1. The molecule has 1 aliphatic rings. The molecular formula is C35H56NO3S+. The van der Waals surface area contributed by atoms with Crippen molar-refractivity contribution in [3.05, 3.63) is 42.1 Å². The monoisotopic (exact) mass is 570 g/mol. The van der Waals surface area contributed by atoms with Crippen LogP contribution in [0.3, 0.4) is 0 Å². The minimum atomic E-state index is -0.119. The van der Waals surface area contributed by atoms with E-state index in [1.807, 2.05) is 11.8 Å². The minimum absolute atomic E-state index is 0.0903. The van der Waals surface area contributed by atoms with Crippen LogP contribution in [-0.2, 0) is 26.2 Å². The molecule has 4 nitrogen and oxygen atoms in total. The average Bonchev–Trinajstić information content (AvgIpc) is 2.96. The number of aryl methyl sites for hydroxylation is 1. The predicted octanol–water partition coefficient (Wildman–Crippen LogP) is 8.95. The Morgan fingerprint density at radius 1 is 0.800 bits per heavy atom. The molecule has 2 aromatic rings. The van der Waals surface area contributed by atoms with Gasteiger partial charge in [0, 0.05) is 48.5 Å². The number of rotatable bonds is 23. The molecule has 40 heavy (non-hydrogen) atoms. The van der Waals surface area contributed by atoms with E-state index in [0.717, 1.165) is 44.1 Å². The second kappa shape index (κ2) is 19.5. The van der Waals surface area contributed by atoms with Crippen LogP contribution in [0.4, 0.5) is 0 Å². The van der Waals surface area contributed by atoms with Gasteiger partial charge in [0.15, 0.2) is 5.69 Å². The largest absolute Gasteiger partial charge is 0.469 e. The molecule has 0 bridgehead atoms. The molecule has 0 N–H and O–H groups in total. The van der Waals surface area contributed by atoms with Crippen molar-refractivity contribution in [3.63, 3.8) is 0 Å². The van der Waals surface area contributed by atoms with Gasteiger partial charge in [0.2, 0.25) is 5.52 Å². The lowest BCUT2D eigenvalue weighted by Gasteiger charge is -2.38. The third-order valence-electron chi connectivity index (χ3n) is 8.50. The van der Waals surface area contributed by atoms with E-state index >= 15 is 0 Å². The highest BCUT2D eigenvalue weighted by atomic mass is 32.2. The van der Waals surface area contributed by atoms with Crippen LogP contribution in [0, 0.1) is 0 Å². The summed E-state index contributed by atoms with van der Waals surface area (Å²) in [4.78, 5) is 11.6. The molecule has 0 atom stereocenters. The van der Waals surface area contributed by atoms with E-state index in [0.29, 0.717) is 6.42 Å². The number of carbonyl (C=O) groups excluding carboxylic acids is 1. The number of nitrogens with zero attached hydrogens (tertiary/aromatic N) is 1. The lowest BCUT2D eigenvalue weighted by atomic mass is 9.87. The summed E-state index contributed by atoms with van der Waals surface area (Å²) < 4.78 is 13.7. The van der Waals surface area contributed by atoms with Gasteiger partial charge >= 0.3 is 5.97 Å². The van der Waals surface area contributed by atoms with Gasteiger partial charge in [-0.3, -0.25) is 4.79 Å². The van der Waals surface area contributed by atoms with Gasteiger partial charge in [-0.1, -0.05) is 103 Å². The van der Waals surface area contributed by atoms with Crippen LogP contribution in [0.5, 0.6) is 0 Å². The molecule has 3 rings (SSSR count). The van der Waals surface area contributed by atoms with Crippen molar-refractivity contribution in [1.29, 1.82) is 0 Å². The molecule has 1 aliphatic heterocycles. The van der Waals surface area contributed by atoms with Crippen molar-refractivity contribution in [3.8, 4) is 0 Å². The standard InChI is InChI=1S/C35H56NO3S/c1-3-4-5-6-7-8-9-10-11-12-13-14-15-20-27-39-28-35(29-40-30-35)33-25-24-31-21-16-17-22-32(31)36(33)26-19-18-23-34(37)38-2/h16-17,21-22,24-25H,3-15,18-20,23,26-30H2,1-2H3/q+1. The van der Waals surface area contributed by atoms with Gasteiger partial charge in [-0.2, -0.15) is 16.3 Å². The Morgan fingerprint density at radius 2 is 1.43 bits per heavy atom. The number of ether oxygens (including phenoxy) is 2. The summed E-state index contributed by atoms with van der Waals surface area (Å²) >= 11 is 2.02. The number of methoxy groups -OCH3 is 1. The highest BCUT2D eigenvalue weighted by Crippen LogP contribution is 2.40. The average molecular weight is 571 g/mol. The molecular weight excluding hydrogens is 514 g/mol. The van der Waals surface area contributed by atoms with Crippen molar-refractivity contribution in [2.75, 3.05) is 31.8 Å². The maximum Gasteiger partial charge on any atom is 0.305 e. The molecule has 1 fully saturated rings.